The molecule has 0 bridgehead atoms. The average Bonchev–Trinajstić information content (AvgIpc) is 2.17. The first kappa shape index (κ1) is 11.4. The van der Waals surface area contributed by atoms with Crippen LogP contribution >= 0.6 is 0 Å². The van der Waals surface area contributed by atoms with E-state index >= 15 is 0 Å². The Bertz CT molecular complexity index is 328. The van der Waals surface area contributed by atoms with Crippen LogP contribution in [-0.4, -0.2) is 28.7 Å². The van der Waals surface area contributed by atoms with Crippen molar-refractivity contribution in [2.24, 2.45) is 0 Å². The van der Waals surface area contributed by atoms with E-state index in [1.165, 1.54) is 12.4 Å². The van der Waals surface area contributed by atoms with Crippen LogP contribution in [0.1, 0.15) is 10.5 Å². The molecule has 0 aliphatic carbocycles. The Hall–Kier alpha value is -1.70. The highest BCUT2D eigenvalue weighted by Crippen LogP contribution is 2.14. The molecule has 15 heavy (non-hydrogen) atoms. The lowest BCUT2D eigenvalue weighted by Crippen LogP contribution is -2.19. The molecule has 0 fully saturated rings. The Kier molecular flexibility index (Phi) is 3.56. The monoisotopic (exact) mass is 222 g/mol. The third-order valence-corrected chi connectivity index (χ3v) is 1.13. The van der Waals surface area contributed by atoms with E-state index in [9.17, 15) is 18.0 Å². The van der Waals surface area contributed by atoms with Crippen molar-refractivity contribution >= 4 is 5.97 Å². The molecule has 0 aliphatic rings. The van der Waals surface area contributed by atoms with E-state index in [1.807, 2.05) is 0 Å². The minimum absolute atomic E-state index is 0.236. The smallest absolute Gasteiger partial charge is 0.291 e. The summed E-state index contributed by atoms with van der Waals surface area (Å²) in [6, 6.07) is 0. The van der Waals surface area contributed by atoms with E-state index in [0.29, 0.717) is 0 Å². The van der Waals surface area contributed by atoms with Gasteiger partial charge in [0.25, 0.3) is 0 Å². The van der Waals surface area contributed by atoms with Crippen molar-refractivity contribution in [3.8, 4) is 0 Å². The number of hydrogen-bond donors (Lipinski definition) is 0. The van der Waals surface area contributed by atoms with Crippen molar-refractivity contribution in [1.29, 1.82) is 0 Å². The number of aromatic nitrogens is 2. The van der Waals surface area contributed by atoms with E-state index < -0.39 is 18.8 Å². The molecule has 0 aliphatic heterocycles. The van der Waals surface area contributed by atoms with Gasteiger partial charge in [0, 0.05) is 12.4 Å². The zero-order valence-electron chi connectivity index (χ0n) is 7.19. The van der Waals surface area contributed by atoms with Gasteiger partial charge >= 0.3 is 12.1 Å². The summed E-state index contributed by atoms with van der Waals surface area (Å²) in [6.07, 6.45) is -1.02. The highest BCUT2D eigenvalue weighted by molar-refractivity contribution is 5.86. The van der Waals surface area contributed by atoms with Gasteiger partial charge in [-0.2, -0.15) is 18.1 Å². The molecule has 5 nitrogen and oxygen atoms in total. The number of carbonyl (C=O) groups excluding carboxylic acids is 1. The minimum atomic E-state index is -4.55. The zero-order chi connectivity index (χ0) is 11.3. The fourth-order valence-electron chi connectivity index (χ4n) is 0.597. The fraction of sp³-hybridized carbons (Fsp3) is 0.286. The Morgan fingerprint density at radius 3 is 2.67 bits per heavy atom. The standard InChI is InChI=1S/C7H5F3N2O3/c8-7(9,10)4-14-15-6(13)5-3-11-1-2-12-5/h1-3H,4H2. The second-order valence-electron chi connectivity index (χ2n) is 2.34. The van der Waals surface area contributed by atoms with E-state index in [1.54, 1.807) is 0 Å². The highest BCUT2D eigenvalue weighted by Gasteiger charge is 2.29. The van der Waals surface area contributed by atoms with Gasteiger partial charge in [0.15, 0.2) is 12.3 Å². The third-order valence-electron chi connectivity index (χ3n) is 1.13. The van der Waals surface area contributed by atoms with Gasteiger partial charge in [0.2, 0.25) is 0 Å². The molecule has 1 aromatic rings. The summed E-state index contributed by atoms with van der Waals surface area (Å²) in [5.74, 6) is -1.13. The molecule has 0 atom stereocenters. The van der Waals surface area contributed by atoms with Gasteiger partial charge in [-0.25, -0.2) is 9.78 Å². The lowest BCUT2D eigenvalue weighted by molar-refractivity contribution is -0.302. The molecule has 0 unspecified atom stereocenters. The van der Waals surface area contributed by atoms with Crippen LogP contribution in [0.15, 0.2) is 18.6 Å². The molecule has 0 aromatic carbocycles. The predicted molar refractivity (Wildman–Crippen MR) is 39.5 cm³/mol. The summed E-state index contributed by atoms with van der Waals surface area (Å²) in [5.41, 5.74) is -0.236. The normalized spacial score (nSPS) is 11.1. The van der Waals surface area contributed by atoms with E-state index in [0.717, 1.165) is 6.20 Å². The fourth-order valence-corrected chi connectivity index (χ4v) is 0.597. The second-order valence-corrected chi connectivity index (χ2v) is 2.34. The van der Waals surface area contributed by atoms with Crippen LogP contribution in [0.2, 0.25) is 0 Å². The van der Waals surface area contributed by atoms with Gasteiger partial charge in [-0.3, -0.25) is 9.87 Å². The Labute approximate surface area is 81.8 Å². The van der Waals surface area contributed by atoms with Crippen molar-refractivity contribution in [3.05, 3.63) is 24.3 Å². The number of rotatable bonds is 3. The first-order valence-electron chi connectivity index (χ1n) is 3.65. The van der Waals surface area contributed by atoms with Crippen molar-refractivity contribution < 1.29 is 27.7 Å². The maximum atomic E-state index is 11.6. The van der Waals surface area contributed by atoms with Crippen LogP contribution in [-0.2, 0) is 9.78 Å². The number of alkyl halides is 3. The van der Waals surface area contributed by atoms with Gasteiger partial charge in [0.05, 0.1) is 6.20 Å². The SMILES string of the molecule is O=C(OOCC(F)(F)F)c1cnccn1. The van der Waals surface area contributed by atoms with E-state index in [-0.39, 0.29) is 5.69 Å². The number of nitrogens with zero attached hydrogens (tertiary/aromatic N) is 2. The third kappa shape index (κ3) is 4.36. The minimum Gasteiger partial charge on any atom is -0.291 e. The maximum absolute atomic E-state index is 11.6. The van der Waals surface area contributed by atoms with E-state index in [2.05, 4.69) is 19.7 Å². The van der Waals surface area contributed by atoms with Crippen LogP contribution in [0.3, 0.4) is 0 Å². The summed E-state index contributed by atoms with van der Waals surface area (Å²) in [4.78, 5) is 25.4. The molecule has 0 spiro atoms. The largest absolute Gasteiger partial charge is 0.415 e. The Morgan fingerprint density at radius 2 is 2.13 bits per heavy atom. The van der Waals surface area contributed by atoms with Crippen molar-refractivity contribution in [3.63, 3.8) is 0 Å². The molecule has 82 valence electrons. The maximum Gasteiger partial charge on any atom is 0.415 e. The predicted octanol–water partition coefficient (Wildman–Crippen LogP) is 1.13. The van der Waals surface area contributed by atoms with Gasteiger partial charge < -0.3 is 0 Å². The zero-order valence-corrected chi connectivity index (χ0v) is 7.19. The van der Waals surface area contributed by atoms with Gasteiger partial charge in [-0.05, 0) is 0 Å². The number of carbonyl (C=O) groups is 1. The Morgan fingerprint density at radius 1 is 1.40 bits per heavy atom. The lowest BCUT2D eigenvalue weighted by atomic mass is 10.5. The van der Waals surface area contributed by atoms with Crippen LogP contribution < -0.4 is 0 Å². The molecule has 0 saturated heterocycles. The quantitative estimate of drug-likeness (QED) is 0.566. The van der Waals surface area contributed by atoms with E-state index in [4.69, 9.17) is 0 Å². The summed E-state index contributed by atoms with van der Waals surface area (Å²) < 4.78 is 34.7. The van der Waals surface area contributed by atoms with Crippen LogP contribution in [0.25, 0.3) is 0 Å². The molecular formula is C7H5F3N2O3. The molecular weight excluding hydrogens is 217 g/mol. The van der Waals surface area contributed by atoms with Crippen LogP contribution in [0.4, 0.5) is 13.2 Å². The molecule has 0 saturated carbocycles. The van der Waals surface area contributed by atoms with Crippen LogP contribution in [0, 0.1) is 0 Å². The summed E-state index contributed by atoms with van der Waals surface area (Å²) >= 11 is 0. The molecule has 8 heteroatoms. The summed E-state index contributed by atoms with van der Waals surface area (Å²) in [7, 11) is 0. The average molecular weight is 222 g/mol. The van der Waals surface area contributed by atoms with Crippen molar-refractivity contribution in [2.45, 2.75) is 6.18 Å². The molecule has 0 amide bonds. The first-order valence-corrected chi connectivity index (χ1v) is 3.65. The van der Waals surface area contributed by atoms with Crippen molar-refractivity contribution in [1.82, 2.24) is 9.97 Å². The number of halogens is 3. The van der Waals surface area contributed by atoms with Gasteiger partial charge in [-0.1, -0.05) is 0 Å². The van der Waals surface area contributed by atoms with Gasteiger partial charge in [0.1, 0.15) is 0 Å². The molecule has 0 radical (unpaired) electrons. The molecule has 1 aromatic heterocycles. The Balaban J connectivity index is 2.38. The number of hydrogen-bond acceptors (Lipinski definition) is 5. The summed E-state index contributed by atoms with van der Waals surface area (Å²) in [5, 5.41) is 0. The van der Waals surface area contributed by atoms with Gasteiger partial charge in [-0.15, -0.1) is 0 Å². The van der Waals surface area contributed by atoms with Crippen LogP contribution in [0.5, 0.6) is 0 Å². The molecule has 1 heterocycles. The molecule has 1 rings (SSSR count). The van der Waals surface area contributed by atoms with Crippen molar-refractivity contribution in [2.75, 3.05) is 6.61 Å². The highest BCUT2D eigenvalue weighted by atomic mass is 19.4. The lowest BCUT2D eigenvalue weighted by Gasteiger charge is -2.05. The topological polar surface area (TPSA) is 61.3 Å². The molecule has 0 N–H and O–H groups in total. The first-order chi connectivity index (χ1) is 6.99. The second kappa shape index (κ2) is 4.69. The summed E-state index contributed by atoms with van der Waals surface area (Å²) in [6.45, 7) is -1.67.